The van der Waals surface area contributed by atoms with E-state index in [1.54, 1.807) is 34.9 Å². The fourth-order valence-corrected chi connectivity index (χ4v) is 4.67. The lowest BCUT2D eigenvalue weighted by Gasteiger charge is -2.46. The monoisotopic (exact) mass is 429 g/mol. The van der Waals surface area contributed by atoms with E-state index >= 15 is 0 Å². The van der Waals surface area contributed by atoms with Crippen molar-refractivity contribution < 1.29 is 23.9 Å². The van der Waals surface area contributed by atoms with E-state index in [0.29, 0.717) is 32.4 Å². The number of piperidine rings is 1. The maximum atomic E-state index is 13.6. The molecule has 2 aliphatic rings. The molecule has 0 aromatic heterocycles. The third kappa shape index (κ3) is 4.17. The fourth-order valence-electron chi connectivity index (χ4n) is 4.67. The van der Waals surface area contributed by atoms with Gasteiger partial charge in [-0.1, -0.05) is 24.3 Å². The quantitative estimate of drug-likeness (QED) is 0.512. The fraction of sp³-hybridized carbons (Fsp3) is 0.522. The van der Waals surface area contributed by atoms with Gasteiger partial charge in [-0.2, -0.15) is 0 Å². The Balaban J connectivity index is 1.82. The number of anilines is 1. The molecule has 8 nitrogen and oxygen atoms in total. The van der Waals surface area contributed by atoms with Crippen molar-refractivity contribution in [3.63, 3.8) is 0 Å². The number of nitrogens with zero attached hydrogens (tertiary/aromatic N) is 3. The first kappa shape index (κ1) is 22.8. The molecule has 1 aromatic carbocycles. The molecule has 0 radical (unpaired) electrons. The summed E-state index contributed by atoms with van der Waals surface area (Å²) < 4.78 is 10.8. The lowest BCUT2D eigenvalue weighted by Crippen LogP contribution is -2.59. The molecule has 2 fully saturated rings. The second kappa shape index (κ2) is 9.51. The summed E-state index contributed by atoms with van der Waals surface area (Å²) in [6.45, 7) is 4.71. The molecular weight excluding hydrogens is 398 g/mol. The second-order valence-electron chi connectivity index (χ2n) is 8.05. The van der Waals surface area contributed by atoms with Crippen LogP contribution in [0.4, 0.5) is 10.5 Å². The first-order valence-electron chi connectivity index (χ1n) is 10.5. The number of methoxy groups -OCH3 is 1. The predicted octanol–water partition coefficient (Wildman–Crippen LogP) is 2.30. The number of rotatable bonds is 6. The van der Waals surface area contributed by atoms with E-state index in [1.165, 1.54) is 7.11 Å². The zero-order valence-corrected chi connectivity index (χ0v) is 18.5. The van der Waals surface area contributed by atoms with Gasteiger partial charge in [-0.15, -0.1) is 6.58 Å². The minimum atomic E-state index is -0.852. The topological polar surface area (TPSA) is 79.4 Å². The first-order chi connectivity index (χ1) is 14.9. The van der Waals surface area contributed by atoms with E-state index in [-0.39, 0.29) is 24.5 Å². The maximum Gasteiger partial charge on any atom is 0.409 e. The van der Waals surface area contributed by atoms with E-state index in [4.69, 9.17) is 9.47 Å². The van der Waals surface area contributed by atoms with Crippen molar-refractivity contribution in [2.24, 2.45) is 5.92 Å². The third-order valence-electron chi connectivity index (χ3n) is 6.55. The maximum absolute atomic E-state index is 13.6. The lowest BCUT2D eigenvalue weighted by molar-refractivity contribution is -0.138. The molecule has 2 heterocycles. The summed E-state index contributed by atoms with van der Waals surface area (Å²) in [5.41, 5.74) is 0.0400. The SMILES string of the molecule is C=CCCOC(=O)N1CCC2(CC1)[C@H](C(=O)N(C)c1ccccc1)[C@@H](OC)C(=O)N2C. The van der Waals surface area contributed by atoms with E-state index in [1.807, 2.05) is 30.3 Å². The van der Waals surface area contributed by atoms with Crippen molar-refractivity contribution in [1.29, 1.82) is 0 Å². The molecule has 8 heteroatoms. The number of ether oxygens (including phenoxy) is 2. The van der Waals surface area contributed by atoms with Crippen molar-refractivity contribution in [2.45, 2.75) is 30.9 Å². The smallest absolute Gasteiger partial charge is 0.409 e. The Kier molecular flexibility index (Phi) is 7.00. The van der Waals surface area contributed by atoms with E-state index in [9.17, 15) is 14.4 Å². The van der Waals surface area contributed by atoms with Crippen molar-refractivity contribution in [2.75, 3.05) is 45.8 Å². The number of likely N-dealkylation sites (tertiary alicyclic amines) is 2. The first-order valence-corrected chi connectivity index (χ1v) is 10.5. The summed E-state index contributed by atoms with van der Waals surface area (Å²) in [4.78, 5) is 43.8. The Morgan fingerprint density at radius 1 is 1.26 bits per heavy atom. The molecule has 3 amide bonds. The third-order valence-corrected chi connectivity index (χ3v) is 6.55. The van der Waals surface area contributed by atoms with Gasteiger partial charge in [0, 0.05) is 40.0 Å². The summed E-state index contributed by atoms with van der Waals surface area (Å²) in [6.07, 6.45) is 2.02. The molecule has 0 bridgehead atoms. The number of amides is 3. The van der Waals surface area contributed by atoms with Crippen LogP contribution in [0.25, 0.3) is 0 Å². The van der Waals surface area contributed by atoms with Gasteiger partial charge < -0.3 is 24.2 Å². The molecule has 0 aliphatic carbocycles. The van der Waals surface area contributed by atoms with Gasteiger partial charge in [0.2, 0.25) is 5.91 Å². The van der Waals surface area contributed by atoms with E-state index in [0.717, 1.165) is 5.69 Å². The van der Waals surface area contributed by atoms with Crippen LogP contribution in [-0.4, -0.2) is 80.3 Å². The predicted molar refractivity (Wildman–Crippen MR) is 117 cm³/mol. The molecule has 2 atom stereocenters. The Morgan fingerprint density at radius 2 is 1.90 bits per heavy atom. The zero-order valence-electron chi connectivity index (χ0n) is 18.5. The van der Waals surface area contributed by atoms with Gasteiger partial charge in [0.05, 0.1) is 18.1 Å². The molecule has 168 valence electrons. The number of hydrogen-bond acceptors (Lipinski definition) is 5. The number of likely N-dealkylation sites (N-methyl/N-ethyl adjacent to an activating group) is 1. The molecular formula is C23H31N3O5. The molecule has 2 saturated heterocycles. The highest BCUT2D eigenvalue weighted by molar-refractivity contribution is 6.02. The number of benzene rings is 1. The van der Waals surface area contributed by atoms with Gasteiger partial charge >= 0.3 is 6.09 Å². The standard InChI is InChI=1S/C23H31N3O5/c1-5-6-16-31-22(29)26-14-12-23(13-15-26)18(19(30-4)21(28)25(23)3)20(27)24(2)17-10-8-7-9-11-17/h5,7-11,18-19H,1,6,12-16H2,2-4H3/t18-,19+/m0/s1. The molecule has 2 aliphatic heterocycles. The Labute approximate surface area is 183 Å². The van der Waals surface area contributed by atoms with Crippen LogP contribution in [0.2, 0.25) is 0 Å². The van der Waals surface area contributed by atoms with Crippen LogP contribution in [0.5, 0.6) is 0 Å². The van der Waals surface area contributed by atoms with E-state index in [2.05, 4.69) is 6.58 Å². The van der Waals surface area contributed by atoms with Crippen LogP contribution in [0.15, 0.2) is 43.0 Å². The average Bonchev–Trinajstić information content (AvgIpc) is 3.00. The summed E-state index contributed by atoms with van der Waals surface area (Å²) in [7, 11) is 4.90. The Morgan fingerprint density at radius 3 is 2.48 bits per heavy atom. The van der Waals surface area contributed by atoms with Gasteiger partial charge in [0.1, 0.15) is 6.10 Å². The molecule has 1 aromatic rings. The Bertz CT molecular complexity index is 820. The van der Waals surface area contributed by atoms with Gasteiger partial charge in [-0.25, -0.2) is 4.79 Å². The highest BCUT2D eigenvalue weighted by Crippen LogP contribution is 2.45. The highest BCUT2D eigenvalue weighted by Gasteiger charge is 2.61. The molecule has 31 heavy (non-hydrogen) atoms. The van der Waals surface area contributed by atoms with Crippen LogP contribution >= 0.6 is 0 Å². The van der Waals surface area contributed by atoms with Gasteiger partial charge in [0.25, 0.3) is 5.91 Å². The highest BCUT2D eigenvalue weighted by atomic mass is 16.6. The average molecular weight is 430 g/mol. The molecule has 0 N–H and O–H groups in total. The summed E-state index contributed by atoms with van der Waals surface area (Å²) in [5, 5.41) is 0. The Hall–Kier alpha value is -2.87. The van der Waals surface area contributed by atoms with Crippen molar-refractivity contribution in [1.82, 2.24) is 9.80 Å². The van der Waals surface area contributed by atoms with Crippen LogP contribution < -0.4 is 4.90 Å². The van der Waals surface area contributed by atoms with Crippen molar-refractivity contribution in [3.8, 4) is 0 Å². The van der Waals surface area contributed by atoms with Crippen molar-refractivity contribution >= 4 is 23.6 Å². The largest absolute Gasteiger partial charge is 0.449 e. The number of carbonyl (C=O) groups excluding carboxylic acids is 3. The van der Waals surface area contributed by atoms with Gasteiger partial charge in [0.15, 0.2) is 0 Å². The molecule has 0 unspecified atom stereocenters. The summed E-state index contributed by atoms with van der Waals surface area (Å²) >= 11 is 0. The zero-order chi connectivity index (χ0) is 22.6. The van der Waals surface area contributed by atoms with Crippen LogP contribution in [-0.2, 0) is 19.1 Å². The minimum absolute atomic E-state index is 0.169. The summed E-state index contributed by atoms with van der Waals surface area (Å²) in [5.74, 6) is -1.04. The normalized spacial score (nSPS) is 22.5. The minimum Gasteiger partial charge on any atom is -0.449 e. The number of para-hydroxylation sites is 1. The van der Waals surface area contributed by atoms with Crippen LogP contribution in [0, 0.1) is 5.92 Å². The second-order valence-corrected chi connectivity index (χ2v) is 8.05. The van der Waals surface area contributed by atoms with E-state index < -0.39 is 17.6 Å². The molecule has 3 rings (SSSR count). The van der Waals surface area contributed by atoms with Crippen LogP contribution in [0.1, 0.15) is 19.3 Å². The summed E-state index contributed by atoms with van der Waals surface area (Å²) in [6, 6.07) is 9.33. The molecule has 1 spiro atoms. The van der Waals surface area contributed by atoms with Crippen molar-refractivity contribution in [3.05, 3.63) is 43.0 Å². The molecule has 0 saturated carbocycles. The van der Waals surface area contributed by atoms with Gasteiger partial charge in [-0.05, 0) is 31.4 Å². The number of carbonyl (C=O) groups is 3. The lowest BCUT2D eigenvalue weighted by atomic mass is 9.75. The van der Waals surface area contributed by atoms with Crippen LogP contribution in [0.3, 0.4) is 0 Å². The number of hydrogen-bond donors (Lipinski definition) is 0. The van der Waals surface area contributed by atoms with Gasteiger partial charge in [-0.3, -0.25) is 9.59 Å².